The third-order valence-corrected chi connectivity index (χ3v) is 3.63. The molecule has 1 nitrogen and oxygen atoms in total. The lowest BCUT2D eigenvalue weighted by molar-refractivity contribution is 0.273. The summed E-state index contributed by atoms with van der Waals surface area (Å²) in [6, 6.07) is 19.1. The van der Waals surface area contributed by atoms with Gasteiger partial charge in [0.05, 0.1) is 0 Å². The predicted molar refractivity (Wildman–Crippen MR) is 77.0 cm³/mol. The van der Waals surface area contributed by atoms with Gasteiger partial charge in [0.25, 0.3) is 0 Å². The molecule has 0 spiro atoms. The minimum absolute atomic E-state index is 0.176. The van der Waals surface area contributed by atoms with Crippen LogP contribution >= 0.6 is 0 Å². The molecule has 0 aliphatic heterocycles. The summed E-state index contributed by atoms with van der Waals surface area (Å²) in [4.78, 5) is 0. The van der Waals surface area contributed by atoms with Gasteiger partial charge in [0, 0.05) is 12.5 Å². The van der Waals surface area contributed by atoms with Crippen molar-refractivity contribution in [3.63, 3.8) is 0 Å². The zero-order valence-corrected chi connectivity index (χ0v) is 10.4. The van der Waals surface area contributed by atoms with Crippen molar-refractivity contribution in [3.05, 3.63) is 60.2 Å². The van der Waals surface area contributed by atoms with Crippen LogP contribution in [0.5, 0.6) is 0 Å². The first-order valence-corrected chi connectivity index (χ1v) is 6.32. The Morgan fingerprint density at radius 1 is 0.833 bits per heavy atom. The van der Waals surface area contributed by atoms with E-state index in [9.17, 15) is 5.11 Å². The molecule has 3 aromatic carbocycles. The van der Waals surface area contributed by atoms with Crippen molar-refractivity contribution in [2.24, 2.45) is 0 Å². The third kappa shape index (κ3) is 1.68. The number of benzene rings is 3. The maximum Gasteiger partial charge on any atom is 0.0497 e. The van der Waals surface area contributed by atoms with Gasteiger partial charge in [-0.1, -0.05) is 61.5 Å². The van der Waals surface area contributed by atoms with E-state index in [1.165, 1.54) is 27.1 Å². The largest absolute Gasteiger partial charge is 0.396 e. The van der Waals surface area contributed by atoms with Crippen molar-refractivity contribution in [1.29, 1.82) is 0 Å². The molecule has 1 atom stereocenters. The van der Waals surface area contributed by atoms with Crippen LogP contribution in [0.25, 0.3) is 21.5 Å². The third-order valence-electron chi connectivity index (χ3n) is 3.63. The smallest absolute Gasteiger partial charge is 0.0497 e. The second-order valence-electron chi connectivity index (χ2n) is 4.81. The molecule has 18 heavy (non-hydrogen) atoms. The van der Waals surface area contributed by atoms with Gasteiger partial charge >= 0.3 is 0 Å². The van der Waals surface area contributed by atoms with Gasteiger partial charge in [0.15, 0.2) is 0 Å². The van der Waals surface area contributed by atoms with Gasteiger partial charge in [-0.05, 0) is 27.1 Å². The summed E-state index contributed by atoms with van der Waals surface area (Å²) in [7, 11) is 0. The predicted octanol–water partition coefficient (Wildman–Crippen LogP) is 4.09. The van der Waals surface area contributed by atoms with Crippen LogP contribution in [0.3, 0.4) is 0 Å². The first-order chi connectivity index (χ1) is 8.81. The van der Waals surface area contributed by atoms with Crippen LogP contribution in [0.2, 0.25) is 0 Å². The zero-order chi connectivity index (χ0) is 12.5. The van der Waals surface area contributed by atoms with E-state index in [1.807, 2.05) is 0 Å². The van der Waals surface area contributed by atoms with Crippen LogP contribution in [-0.2, 0) is 0 Å². The van der Waals surface area contributed by atoms with Gasteiger partial charge in [-0.15, -0.1) is 0 Å². The van der Waals surface area contributed by atoms with Crippen molar-refractivity contribution in [3.8, 4) is 0 Å². The van der Waals surface area contributed by atoms with E-state index in [0.717, 1.165) is 0 Å². The molecular weight excluding hydrogens is 220 g/mol. The molecule has 3 aromatic rings. The van der Waals surface area contributed by atoms with Gasteiger partial charge in [-0.25, -0.2) is 0 Å². The number of fused-ring (bicyclic) bond motifs is 3. The highest BCUT2D eigenvalue weighted by Gasteiger charge is 2.09. The minimum Gasteiger partial charge on any atom is -0.396 e. The van der Waals surface area contributed by atoms with Crippen molar-refractivity contribution in [2.45, 2.75) is 12.8 Å². The molecule has 1 unspecified atom stereocenters. The standard InChI is InChI=1S/C17H16O/c1-12(11-18)14-7-4-8-16-15-6-3-2-5-13(15)9-10-17(14)16/h2-10,12,18H,11H2,1H3. The summed E-state index contributed by atoms with van der Waals surface area (Å²) in [6.45, 7) is 2.25. The summed E-state index contributed by atoms with van der Waals surface area (Å²) >= 11 is 0. The van der Waals surface area contributed by atoms with E-state index < -0.39 is 0 Å². The Hall–Kier alpha value is -1.86. The molecule has 3 rings (SSSR count). The van der Waals surface area contributed by atoms with Crippen LogP contribution in [0.1, 0.15) is 18.4 Å². The lowest BCUT2D eigenvalue weighted by atomic mass is 9.93. The quantitative estimate of drug-likeness (QED) is 0.664. The van der Waals surface area contributed by atoms with E-state index in [0.29, 0.717) is 0 Å². The Kier molecular flexibility index (Phi) is 2.77. The number of aliphatic hydroxyl groups excluding tert-OH is 1. The fraction of sp³-hybridized carbons (Fsp3) is 0.176. The highest BCUT2D eigenvalue weighted by Crippen LogP contribution is 2.30. The van der Waals surface area contributed by atoms with Crippen LogP contribution in [0, 0.1) is 0 Å². The molecule has 0 saturated heterocycles. The van der Waals surface area contributed by atoms with Crippen LogP contribution in [0.4, 0.5) is 0 Å². The fourth-order valence-electron chi connectivity index (χ4n) is 2.59. The Morgan fingerprint density at radius 3 is 2.44 bits per heavy atom. The average molecular weight is 236 g/mol. The van der Waals surface area contributed by atoms with E-state index in [1.54, 1.807) is 0 Å². The number of aliphatic hydroxyl groups is 1. The molecule has 0 heterocycles. The number of hydrogen-bond donors (Lipinski definition) is 1. The van der Waals surface area contributed by atoms with E-state index in [4.69, 9.17) is 0 Å². The monoisotopic (exact) mass is 236 g/mol. The highest BCUT2D eigenvalue weighted by molar-refractivity contribution is 6.08. The Morgan fingerprint density at radius 2 is 1.61 bits per heavy atom. The van der Waals surface area contributed by atoms with Crippen LogP contribution < -0.4 is 0 Å². The van der Waals surface area contributed by atoms with Crippen LogP contribution in [-0.4, -0.2) is 11.7 Å². The Labute approximate surface area is 107 Å². The second-order valence-corrected chi connectivity index (χ2v) is 4.81. The van der Waals surface area contributed by atoms with E-state index in [2.05, 4.69) is 61.5 Å². The maximum atomic E-state index is 9.36. The Bertz CT molecular complexity index is 700. The number of rotatable bonds is 2. The average Bonchev–Trinajstić information content (AvgIpc) is 2.45. The molecular formula is C17H16O. The summed E-state index contributed by atoms with van der Waals surface area (Å²) in [5.74, 6) is 0.176. The summed E-state index contributed by atoms with van der Waals surface area (Å²) in [5, 5.41) is 14.4. The SMILES string of the molecule is CC(CO)c1cccc2c1ccc1ccccc12. The normalized spacial score (nSPS) is 13.0. The number of hydrogen-bond acceptors (Lipinski definition) is 1. The molecule has 1 heteroatoms. The molecule has 1 N–H and O–H groups in total. The fourth-order valence-corrected chi connectivity index (χ4v) is 2.59. The molecule has 0 radical (unpaired) electrons. The van der Waals surface area contributed by atoms with Gasteiger partial charge in [-0.2, -0.15) is 0 Å². The lowest BCUT2D eigenvalue weighted by Gasteiger charge is -2.13. The maximum absolute atomic E-state index is 9.36. The minimum atomic E-state index is 0.176. The van der Waals surface area contributed by atoms with Crippen molar-refractivity contribution < 1.29 is 5.11 Å². The van der Waals surface area contributed by atoms with Gasteiger partial charge in [0.1, 0.15) is 0 Å². The molecule has 0 fully saturated rings. The molecule has 0 aliphatic carbocycles. The van der Waals surface area contributed by atoms with E-state index >= 15 is 0 Å². The summed E-state index contributed by atoms with van der Waals surface area (Å²) in [5.41, 5.74) is 1.22. The van der Waals surface area contributed by atoms with Gasteiger partial charge < -0.3 is 5.11 Å². The zero-order valence-electron chi connectivity index (χ0n) is 10.4. The first kappa shape index (κ1) is 11.2. The molecule has 0 amide bonds. The second kappa shape index (κ2) is 4.43. The van der Waals surface area contributed by atoms with Crippen molar-refractivity contribution >= 4 is 21.5 Å². The first-order valence-electron chi connectivity index (χ1n) is 6.32. The molecule has 0 saturated carbocycles. The molecule has 90 valence electrons. The van der Waals surface area contributed by atoms with Crippen molar-refractivity contribution in [2.75, 3.05) is 6.61 Å². The van der Waals surface area contributed by atoms with Gasteiger partial charge in [0.2, 0.25) is 0 Å². The molecule has 0 bridgehead atoms. The summed E-state index contributed by atoms with van der Waals surface area (Å²) in [6.07, 6.45) is 0. The van der Waals surface area contributed by atoms with Crippen LogP contribution in [0.15, 0.2) is 54.6 Å². The van der Waals surface area contributed by atoms with Gasteiger partial charge in [-0.3, -0.25) is 0 Å². The topological polar surface area (TPSA) is 20.2 Å². The van der Waals surface area contributed by atoms with Crippen molar-refractivity contribution in [1.82, 2.24) is 0 Å². The van der Waals surface area contributed by atoms with E-state index in [-0.39, 0.29) is 12.5 Å². The molecule has 0 aromatic heterocycles. The lowest BCUT2D eigenvalue weighted by Crippen LogP contribution is -1.99. The molecule has 0 aliphatic rings. The highest BCUT2D eigenvalue weighted by atomic mass is 16.3. The Balaban J connectivity index is 2.40. The summed E-state index contributed by atoms with van der Waals surface area (Å²) < 4.78 is 0.